The molecule has 6 aromatic heterocycles. The lowest BCUT2D eigenvalue weighted by Crippen LogP contribution is -2.35. The summed E-state index contributed by atoms with van der Waals surface area (Å²) in [6, 6.07) is 97.5. The third-order valence-corrected chi connectivity index (χ3v) is 31.2. The Bertz CT molecular complexity index is 7980. The minimum Gasteiger partial charge on any atom is -0.200 e. The zero-order valence-corrected chi connectivity index (χ0v) is 94.2. The van der Waals surface area contributed by atoms with Crippen LogP contribution in [-0.4, -0.2) is 0 Å². The molecule has 0 saturated heterocycles. The molecule has 19 rings (SSSR count). The Balaban J connectivity index is 0.000000139. The molecule has 12 aromatic carbocycles. The lowest BCUT2D eigenvalue weighted by atomic mass is 9.76. The third-order valence-electron chi connectivity index (χ3n) is 31.2. The van der Waals surface area contributed by atoms with Crippen LogP contribution in [0.1, 0.15) is 289 Å². The Morgan fingerprint density at radius 2 is 0.562 bits per heavy atom. The van der Waals surface area contributed by atoms with Gasteiger partial charge in [-0.25, -0.2) is 9.13 Å². The molecule has 0 aliphatic heterocycles. The summed E-state index contributed by atoms with van der Waals surface area (Å²) in [6.45, 7) is 67.5. The van der Waals surface area contributed by atoms with Gasteiger partial charge in [0.05, 0.1) is 60.1 Å². The van der Waals surface area contributed by atoms with E-state index >= 15 is 0 Å². The van der Waals surface area contributed by atoms with E-state index in [-0.39, 0.29) is 21.7 Å². The highest BCUT2D eigenvalue weighted by Gasteiger charge is 2.33. The van der Waals surface area contributed by atoms with Gasteiger partial charge in [0.1, 0.15) is 45.0 Å². The largest absolute Gasteiger partial charge is 0.220 e. The molecule has 6 heteroatoms. The number of pyridine rings is 6. The van der Waals surface area contributed by atoms with E-state index in [0.717, 1.165) is 28.1 Å². The monoisotopic (exact) mass is 1910 g/mol. The minimum absolute atomic E-state index is 0.0625. The summed E-state index contributed by atoms with van der Waals surface area (Å²) in [4.78, 5) is 0. The molecule has 18 aromatic rings. The molecule has 1 aliphatic rings. The van der Waals surface area contributed by atoms with Gasteiger partial charge in [-0.2, -0.15) is 18.3 Å². The fraction of sp³-hybridized carbons (Fsp3) is 0.348. The fourth-order valence-corrected chi connectivity index (χ4v) is 21.4. The van der Waals surface area contributed by atoms with Crippen molar-refractivity contribution in [1.29, 1.82) is 0 Å². The van der Waals surface area contributed by atoms with Crippen LogP contribution in [0.2, 0.25) is 0 Å². The van der Waals surface area contributed by atoms with Gasteiger partial charge in [-0.15, -0.1) is 0 Å². The quantitative estimate of drug-likeness (QED) is 0.122. The molecule has 1 aliphatic carbocycles. The van der Waals surface area contributed by atoms with Gasteiger partial charge in [0.2, 0.25) is 34.2 Å². The van der Waals surface area contributed by atoms with Crippen LogP contribution >= 0.6 is 0 Å². The van der Waals surface area contributed by atoms with Gasteiger partial charge in [0, 0.05) is 69.7 Å². The molecule has 1 fully saturated rings. The van der Waals surface area contributed by atoms with E-state index < -0.39 is 0 Å². The SMILES string of the molecule is Cc1cc(C(C)(C)C)cc(-c2c3ccccc3cc(C)[n+]2C)c1C.Cc1cc(C(C)C)cc(-c2c3ccccc3cc(C)[n+]2C)c1C.Cc1ccc(C(C)(C)C)cc1-c1c2ccccc2cc(C)[n+]1C.Cc1ccc(C2CCCC2)cc1-c1c2ccccc2cc(C)[n+]1C.[2H]c1cc2ccccc2c(-c2cc(C(C)(C)C)cc(C(C)(C)C)c2C)[n+]1C.[2H]c1cc2ccccc2c(-c2cc(C(C)C)cc(C(C)C)c2C)[n+]1C. The predicted molar refractivity (Wildman–Crippen MR) is 618 cm³/mol. The van der Waals surface area contributed by atoms with Crippen LogP contribution in [0.25, 0.3) is 132 Å². The molecule has 0 bridgehead atoms. The molecule has 1 saturated carbocycles. The highest BCUT2D eigenvalue weighted by Crippen LogP contribution is 2.45. The molecule has 0 atom stereocenters. The maximum absolute atomic E-state index is 8.48. The van der Waals surface area contributed by atoms with Crippen molar-refractivity contribution in [3.63, 3.8) is 0 Å². The van der Waals surface area contributed by atoms with Crippen LogP contribution in [0.3, 0.4) is 0 Å². The van der Waals surface area contributed by atoms with E-state index in [1.807, 2.05) is 47.5 Å². The fourth-order valence-electron chi connectivity index (χ4n) is 21.4. The summed E-state index contributed by atoms with van der Waals surface area (Å²) >= 11 is 0. The second kappa shape index (κ2) is 43.6. The van der Waals surface area contributed by atoms with E-state index in [9.17, 15) is 0 Å². The molecule has 6 nitrogen and oxygen atoms in total. The molecule has 0 radical (unpaired) electrons. The standard InChI is InChI=1S/C25H32N.C23H26N.2C23H28N.2C22H26N/c1-17-21(15-19(24(2,3)4)16-22(17)25(5,6)7)23-20-12-10-9-11-18(20)13-14-26(23)8;1-16-12-13-19(18-8-4-5-9-18)15-22(16)23-21-11-7-6-10-20(21)14-17(2)24(23)3;1-15-12-19(23(4,5)6)14-21(17(15)3)22-20-11-9-8-10-18(20)13-16(2)24(22)7;1-15(2)19-13-21(16(3)4)17(5)22(14-19)23-20-10-8-7-9-18(20)11-12-24(23)6;1-14(2)19-11-15(3)17(5)21(13-19)22-20-10-8-7-9-18(20)12-16(4)23(22)6;1-15-11-12-18(22(3,4)5)14-20(15)21-19-10-8-7-9-17(19)13-16(2)23(21)6/h9-16H,1-8H3;6-7,10-15,18H,4-5,8-9H2,1-3H3;8-14H,1-7H3;7-16H,1-6H3;2*7-14H,1-6H3/q6*+1/i14D;;;12D;;. The van der Waals surface area contributed by atoms with E-state index in [4.69, 9.17) is 2.74 Å². The number of aromatic nitrogens is 6. The molecule has 0 unspecified atom stereocenters. The van der Waals surface area contributed by atoms with Gasteiger partial charge in [-0.3, -0.25) is 0 Å². The Morgan fingerprint density at radius 1 is 0.257 bits per heavy atom. The summed E-state index contributed by atoms with van der Waals surface area (Å²) in [5.41, 5.74) is 43.1. The zero-order chi connectivity index (χ0) is 106. The minimum atomic E-state index is 0.0625. The van der Waals surface area contributed by atoms with E-state index in [1.165, 1.54) is 247 Å². The van der Waals surface area contributed by atoms with Crippen LogP contribution < -0.4 is 27.4 Å². The number of benzene rings is 12. The van der Waals surface area contributed by atoms with Crippen molar-refractivity contribution in [2.45, 2.75) is 279 Å². The molecule has 742 valence electrons. The lowest BCUT2D eigenvalue weighted by molar-refractivity contribution is -0.665. The van der Waals surface area contributed by atoms with Crippen molar-refractivity contribution in [2.75, 3.05) is 0 Å². The van der Waals surface area contributed by atoms with Crippen LogP contribution in [0, 0.1) is 83.1 Å². The summed E-state index contributed by atoms with van der Waals surface area (Å²) in [5, 5.41) is 15.2. The normalized spacial score (nSPS) is 12.7. The number of aryl methyl sites for hydroxylation is 8. The number of nitrogens with zero attached hydrogens (tertiary/aromatic N) is 6. The van der Waals surface area contributed by atoms with E-state index in [1.54, 1.807) is 0 Å². The number of rotatable bonds is 10. The first-order valence-corrected chi connectivity index (χ1v) is 52.8. The Morgan fingerprint density at radius 3 is 0.931 bits per heavy atom. The first kappa shape index (κ1) is 104. The average Bonchev–Trinajstić information content (AvgIpc) is 0.776. The van der Waals surface area contributed by atoms with Crippen molar-refractivity contribution in [1.82, 2.24) is 0 Å². The van der Waals surface area contributed by atoms with Crippen LogP contribution in [0.4, 0.5) is 0 Å². The molecule has 0 N–H and O–H groups in total. The summed E-state index contributed by atoms with van der Waals surface area (Å²) in [5.74, 6) is 2.25. The Kier molecular flexibility index (Phi) is 31.5. The summed E-state index contributed by atoms with van der Waals surface area (Å²) in [6.07, 6.45) is 6.53. The van der Waals surface area contributed by atoms with Gasteiger partial charge >= 0.3 is 0 Å². The Hall–Kier alpha value is -12.9. The molecule has 0 amide bonds. The van der Waals surface area contributed by atoms with Gasteiger partial charge in [0.15, 0.2) is 35.1 Å². The van der Waals surface area contributed by atoms with E-state index in [0.29, 0.717) is 30.1 Å². The molecule has 0 spiro atoms. The van der Waals surface area contributed by atoms with Gasteiger partial charge < -0.3 is 0 Å². The Labute approximate surface area is 868 Å². The van der Waals surface area contributed by atoms with Crippen molar-refractivity contribution in [3.05, 3.63) is 391 Å². The molecular weight excluding hydrogens is 1740 g/mol. The second-order valence-corrected chi connectivity index (χ2v) is 46.7. The van der Waals surface area contributed by atoms with E-state index in [2.05, 4.69) is 497 Å². The molecule has 6 heterocycles. The number of fused-ring (bicyclic) bond motifs is 6. The van der Waals surface area contributed by atoms with Crippen molar-refractivity contribution in [2.24, 2.45) is 42.3 Å². The van der Waals surface area contributed by atoms with Crippen LogP contribution in [0.15, 0.2) is 279 Å². The van der Waals surface area contributed by atoms with Crippen molar-refractivity contribution in [3.8, 4) is 67.5 Å². The van der Waals surface area contributed by atoms with Crippen LogP contribution in [0.5, 0.6) is 0 Å². The highest BCUT2D eigenvalue weighted by atomic mass is 15.0. The third kappa shape index (κ3) is 22.9. The summed E-state index contributed by atoms with van der Waals surface area (Å²) in [7, 11) is 12.7. The smallest absolute Gasteiger partial charge is 0.200 e. The van der Waals surface area contributed by atoms with Crippen LogP contribution in [-0.2, 0) is 63.9 Å². The van der Waals surface area contributed by atoms with Gasteiger partial charge in [-0.1, -0.05) is 295 Å². The highest BCUT2D eigenvalue weighted by molar-refractivity contribution is 5.99. The van der Waals surface area contributed by atoms with Crippen molar-refractivity contribution >= 4 is 64.6 Å². The zero-order valence-electron chi connectivity index (χ0n) is 96.2. The average molecular weight is 1910 g/mol. The second-order valence-electron chi connectivity index (χ2n) is 46.7. The number of hydrogen-bond acceptors (Lipinski definition) is 0. The van der Waals surface area contributed by atoms with Gasteiger partial charge in [-0.05, 0) is 308 Å². The maximum Gasteiger partial charge on any atom is 0.220 e. The van der Waals surface area contributed by atoms with Gasteiger partial charge in [0.25, 0.3) is 0 Å². The topological polar surface area (TPSA) is 23.3 Å². The number of hydrogen-bond donors (Lipinski definition) is 0. The molecular formula is C138H166N6+6. The predicted octanol–water partition coefficient (Wildman–Crippen LogP) is 33.9. The first-order chi connectivity index (χ1) is 68.7. The molecule has 144 heavy (non-hydrogen) atoms. The van der Waals surface area contributed by atoms with Crippen molar-refractivity contribution < 1.29 is 30.1 Å². The summed E-state index contributed by atoms with van der Waals surface area (Å²) < 4.78 is 30.2. The lowest BCUT2D eigenvalue weighted by Gasteiger charge is -2.28. The first-order valence-electron chi connectivity index (χ1n) is 53.8. The maximum atomic E-state index is 8.48.